The van der Waals surface area contributed by atoms with Crippen molar-refractivity contribution in [2.24, 2.45) is 5.73 Å². The first kappa shape index (κ1) is 52.9. The molecule has 0 radical (unpaired) electrons. The molecule has 0 heterocycles. The second-order valence-electron chi connectivity index (χ2n) is 16.2. The lowest BCUT2D eigenvalue weighted by atomic mass is 10.0. The van der Waals surface area contributed by atoms with Crippen LogP contribution >= 0.6 is 0 Å². The third-order valence-electron chi connectivity index (χ3n) is 10.7. The van der Waals surface area contributed by atoms with Crippen molar-refractivity contribution >= 4 is 17.8 Å². The minimum atomic E-state index is -1.01. The van der Waals surface area contributed by atoms with Crippen molar-refractivity contribution in [2.45, 2.75) is 257 Å². The van der Waals surface area contributed by atoms with E-state index in [1.165, 1.54) is 154 Å². The van der Waals surface area contributed by atoms with Crippen molar-refractivity contribution in [1.29, 1.82) is 0 Å². The van der Waals surface area contributed by atoms with E-state index in [4.69, 9.17) is 10.5 Å². The van der Waals surface area contributed by atoms with Crippen molar-refractivity contribution < 1.29 is 24.2 Å². The van der Waals surface area contributed by atoms with Crippen LogP contribution in [0.15, 0.2) is 24.3 Å². The molecule has 0 aliphatic rings. The Morgan fingerprint density at radius 2 is 0.945 bits per heavy atom. The van der Waals surface area contributed by atoms with Crippen molar-refractivity contribution in [2.75, 3.05) is 6.54 Å². The van der Waals surface area contributed by atoms with Crippen LogP contribution in [0.4, 0.5) is 0 Å². The SMILES string of the molecule is CCCCCCCCC/C=C\C(CCCCCCC(=O)NC(CCCN)C(=O)O)OC(=O)CCCCCCCCCCC/C=C\CCCCCCCCCC. The van der Waals surface area contributed by atoms with Crippen LogP contribution in [0.1, 0.15) is 245 Å². The Hall–Kier alpha value is -2.15. The number of allylic oxidation sites excluding steroid dienone is 3. The van der Waals surface area contributed by atoms with Gasteiger partial charge in [0.1, 0.15) is 12.1 Å². The first-order valence-electron chi connectivity index (χ1n) is 23.7. The Morgan fingerprint density at radius 1 is 0.527 bits per heavy atom. The lowest BCUT2D eigenvalue weighted by molar-refractivity contribution is -0.147. The molecule has 0 aliphatic carbocycles. The fraction of sp³-hybridized carbons (Fsp3) is 0.854. The first-order valence-corrected chi connectivity index (χ1v) is 23.7. The van der Waals surface area contributed by atoms with Crippen LogP contribution in [0.3, 0.4) is 0 Å². The second kappa shape index (κ2) is 43.0. The minimum Gasteiger partial charge on any atom is -0.480 e. The predicted octanol–water partition coefficient (Wildman–Crippen LogP) is 13.6. The van der Waals surface area contributed by atoms with E-state index >= 15 is 0 Å². The van der Waals surface area contributed by atoms with Gasteiger partial charge in [-0.1, -0.05) is 173 Å². The number of carbonyl (C=O) groups excluding carboxylic acids is 2. The van der Waals surface area contributed by atoms with Gasteiger partial charge in [0.15, 0.2) is 0 Å². The smallest absolute Gasteiger partial charge is 0.326 e. The third kappa shape index (κ3) is 39.9. The van der Waals surface area contributed by atoms with Crippen molar-refractivity contribution in [3.63, 3.8) is 0 Å². The quantitative estimate of drug-likeness (QED) is 0.0322. The number of esters is 1. The van der Waals surface area contributed by atoms with Crippen LogP contribution in [-0.4, -0.2) is 41.6 Å². The number of carbonyl (C=O) groups is 3. The highest BCUT2D eigenvalue weighted by molar-refractivity contribution is 5.83. The molecule has 4 N–H and O–H groups in total. The molecule has 0 fully saturated rings. The van der Waals surface area contributed by atoms with Gasteiger partial charge in [0.05, 0.1) is 0 Å². The predicted molar refractivity (Wildman–Crippen MR) is 234 cm³/mol. The highest BCUT2D eigenvalue weighted by atomic mass is 16.5. The van der Waals surface area contributed by atoms with E-state index in [0.29, 0.717) is 38.6 Å². The lowest BCUT2D eigenvalue weighted by Gasteiger charge is -2.15. The first-order chi connectivity index (χ1) is 26.9. The fourth-order valence-electron chi connectivity index (χ4n) is 7.12. The Morgan fingerprint density at radius 3 is 1.42 bits per heavy atom. The molecule has 2 unspecified atom stereocenters. The molecular weight excluding hydrogens is 685 g/mol. The van der Waals surface area contributed by atoms with E-state index in [2.05, 4.69) is 43.5 Å². The average Bonchev–Trinajstić information content (AvgIpc) is 3.17. The van der Waals surface area contributed by atoms with Crippen LogP contribution in [0, 0.1) is 0 Å². The van der Waals surface area contributed by atoms with Gasteiger partial charge in [-0.2, -0.15) is 0 Å². The van der Waals surface area contributed by atoms with Gasteiger partial charge in [-0.15, -0.1) is 0 Å². The molecule has 0 aromatic rings. The van der Waals surface area contributed by atoms with Crippen molar-refractivity contribution in [3.8, 4) is 0 Å². The number of hydrogen-bond donors (Lipinski definition) is 3. The Balaban J connectivity index is 4.16. The van der Waals surface area contributed by atoms with E-state index in [0.717, 1.165) is 44.9 Å². The van der Waals surface area contributed by atoms with Gasteiger partial charge in [-0.3, -0.25) is 9.59 Å². The number of amides is 1. The molecule has 0 rings (SSSR count). The summed E-state index contributed by atoms with van der Waals surface area (Å²) in [6.07, 6.45) is 49.6. The summed E-state index contributed by atoms with van der Waals surface area (Å²) in [6.45, 7) is 4.94. The molecule has 0 aromatic heterocycles. The summed E-state index contributed by atoms with van der Waals surface area (Å²) < 4.78 is 5.95. The molecule has 0 spiro atoms. The van der Waals surface area contributed by atoms with Gasteiger partial charge in [0.2, 0.25) is 5.91 Å². The number of carboxylic acids is 1. The zero-order valence-electron chi connectivity index (χ0n) is 36.3. The van der Waals surface area contributed by atoms with Crippen LogP contribution in [0.5, 0.6) is 0 Å². The Kier molecular flexibility index (Phi) is 41.3. The number of ether oxygens (including phenoxy) is 1. The molecule has 0 bridgehead atoms. The van der Waals surface area contributed by atoms with E-state index in [1.54, 1.807) is 0 Å². The van der Waals surface area contributed by atoms with Gasteiger partial charge in [0.25, 0.3) is 0 Å². The largest absolute Gasteiger partial charge is 0.480 e. The zero-order chi connectivity index (χ0) is 40.3. The Labute approximate surface area is 340 Å². The van der Waals surface area contributed by atoms with Crippen LogP contribution in [0.2, 0.25) is 0 Å². The number of nitrogens with two attached hydrogens (primary N) is 1. The minimum absolute atomic E-state index is 0.0864. The van der Waals surface area contributed by atoms with E-state index in [1.807, 2.05) is 0 Å². The molecule has 0 aliphatic heterocycles. The molecule has 2 atom stereocenters. The molecule has 7 nitrogen and oxygen atoms in total. The number of aliphatic carboxylic acids is 1. The number of nitrogens with one attached hydrogen (secondary N) is 1. The molecule has 0 saturated carbocycles. The van der Waals surface area contributed by atoms with Gasteiger partial charge in [-0.05, 0) is 89.7 Å². The summed E-state index contributed by atoms with van der Waals surface area (Å²) in [6, 6.07) is -0.869. The van der Waals surface area contributed by atoms with Crippen molar-refractivity contribution in [1.82, 2.24) is 5.32 Å². The summed E-state index contributed by atoms with van der Waals surface area (Å²) in [5, 5.41) is 11.9. The number of carboxylic acid groups (broad SMARTS) is 1. The summed E-state index contributed by atoms with van der Waals surface area (Å²) in [5.41, 5.74) is 5.49. The summed E-state index contributed by atoms with van der Waals surface area (Å²) >= 11 is 0. The van der Waals surface area contributed by atoms with Crippen molar-refractivity contribution in [3.05, 3.63) is 24.3 Å². The molecule has 322 valence electrons. The van der Waals surface area contributed by atoms with E-state index in [-0.39, 0.29) is 18.0 Å². The summed E-state index contributed by atoms with van der Waals surface area (Å²) in [7, 11) is 0. The zero-order valence-corrected chi connectivity index (χ0v) is 36.3. The van der Waals surface area contributed by atoms with Gasteiger partial charge >= 0.3 is 11.9 Å². The lowest BCUT2D eigenvalue weighted by Crippen LogP contribution is -2.40. The molecule has 0 saturated heterocycles. The van der Waals surface area contributed by atoms with Crippen LogP contribution < -0.4 is 11.1 Å². The van der Waals surface area contributed by atoms with Gasteiger partial charge in [-0.25, -0.2) is 4.79 Å². The molecule has 1 amide bonds. The van der Waals surface area contributed by atoms with Crippen LogP contribution in [-0.2, 0) is 19.1 Å². The molecule has 7 heteroatoms. The number of unbranched alkanes of at least 4 members (excludes halogenated alkanes) is 27. The molecular formula is C48H90N2O5. The monoisotopic (exact) mass is 775 g/mol. The van der Waals surface area contributed by atoms with Gasteiger partial charge in [0, 0.05) is 12.8 Å². The number of rotatable bonds is 43. The summed E-state index contributed by atoms with van der Waals surface area (Å²) in [4.78, 5) is 36.4. The molecule has 0 aromatic carbocycles. The van der Waals surface area contributed by atoms with E-state index in [9.17, 15) is 19.5 Å². The normalized spacial score (nSPS) is 12.8. The highest BCUT2D eigenvalue weighted by Gasteiger charge is 2.19. The van der Waals surface area contributed by atoms with Gasteiger partial charge < -0.3 is 20.9 Å². The topological polar surface area (TPSA) is 119 Å². The number of hydrogen-bond acceptors (Lipinski definition) is 5. The summed E-state index contributed by atoms with van der Waals surface area (Å²) in [5.74, 6) is -1.32. The van der Waals surface area contributed by atoms with E-state index < -0.39 is 12.0 Å². The maximum Gasteiger partial charge on any atom is 0.326 e. The van der Waals surface area contributed by atoms with Crippen LogP contribution in [0.25, 0.3) is 0 Å². The maximum atomic E-state index is 12.8. The standard InChI is InChI=1S/C48H90N2O5/c1-3-5-7-9-11-13-14-15-16-17-18-19-20-21-22-23-24-26-28-30-36-42-47(52)55-44(38-33-29-27-25-12-10-8-6-4-2)39-34-31-32-35-41-46(51)50-45(48(53)54)40-37-43-49/h17-18,33,38,44-45H,3-16,19-32,34-37,39-43,49H2,1-2H3,(H,50,51)(H,53,54)/b18-17-,38-33-. The maximum absolute atomic E-state index is 12.8. The fourth-order valence-corrected chi connectivity index (χ4v) is 7.12. The Bertz CT molecular complexity index is 920. The third-order valence-corrected chi connectivity index (χ3v) is 10.7. The highest BCUT2D eigenvalue weighted by Crippen LogP contribution is 2.16. The molecule has 55 heavy (non-hydrogen) atoms. The average molecular weight is 775 g/mol. The second-order valence-corrected chi connectivity index (χ2v) is 16.2.